The second-order valence-corrected chi connectivity index (χ2v) is 5.01. The van der Waals surface area contributed by atoms with E-state index in [0.717, 1.165) is 18.9 Å². The van der Waals surface area contributed by atoms with Crippen molar-refractivity contribution in [3.8, 4) is 0 Å². The summed E-state index contributed by atoms with van der Waals surface area (Å²) in [7, 11) is 0. The molecule has 1 fully saturated rings. The Balaban J connectivity index is 2.13. The van der Waals surface area contributed by atoms with Gasteiger partial charge in [-0.3, -0.25) is 4.79 Å². The van der Waals surface area contributed by atoms with Gasteiger partial charge in [-0.25, -0.2) is 8.78 Å². The third kappa shape index (κ3) is 2.89. The third-order valence-corrected chi connectivity index (χ3v) is 3.55. The summed E-state index contributed by atoms with van der Waals surface area (Å²) in [5, 5.41) is 0. The predicted octanol–water partition coefficient (Wildman–Crippen LogP) is 1.78. The Hall–Kier alpha value is -1.56. The van der Waals surface area contributed by atoms with Crippen LogP contribution in [0.3, 0.4) is 0 Å². The smallest absolute Gasteiger partial charge is 0.227 e. The van der Waals surface area contributed by atoms with Gasteiger partial charge >= 0.3 is 0 Å². The number of carbonyl (C=O) groups is 1. The van der Waals surface area contributed by atoms with Crippen molar-refractivity contribution in [2.45, 2.75) is 25.3 Å². The van der Waals surface area contributed by atoms with Crippen LogP contribution in [-0.4, -0.2) is 28.4 Å². The van der Waals surface area contributed by atoms with Gasteiger partial charge in [0.15, 0.2) is 11.6 Å². The lowest BCUT2D eigenvalue weighted by Gasteiger charge is -2.23. The van der Waals surface area contributed by atoms with E-state index in [1.807, 2.05) is 0 Å². The Morgan fingerprint density at radius 3 is 2.89 bits per heavy atom. The van der Waals surface area contributed by atoms with Crippen molar-refractivity contribution in [1.82, 2.24) is 4.90 Å². The molecule has 0 saturated carbocycles. The number of halogens is 2. The van der Waals surface area contributed by atoms with Gasteiger partial charge in [-0.15, -0.1) is 0 Å². The molecule has 1 atom stereocenters. The lowest BCUT2D eigenvalue weighted by Crippen LogP contribution is -2.43. The first-order valence-electron chi connectivity index (χ1n) is 6.02. The van der Waals surface area contributed by atoms with Gasteiger partial charge < -0.3 is 10.6 Å². The maximum atomic E-state index is 13.5. The minimum Gasteiger partial charge on any atom is -0.392 e. The zero-order valence-corrected chi connectivity index (χ0v) is 11.1. The van der Waals surface area contributed by atoms with Gasteiger partial charge in [0.2, 0.25) is 5.91 Å². The molecule has 0 aliphatic carbocycles. The fourth-order valence-corrected chi connectivity index (χ4v) is 2.56. The molecule has 0 aromatic heterocycles. The maximum absolute atomic E-state index is 13.5. The van der Waals surface area contributed by atoms with Crippen LogP contribution in [0.15, 0.2) is 18.2 Å². The number of carbonyl (C=O) groups excluding carboxylic acids is 1. The van der Waals surface area contributed by atoms with Crippen LogP contribution in [0.1, 0.15) is 18.4 Å². The Labute approximate surface area is 115 Å². The van der Waals surface area contributed by atoms with Crippen LogP contribution in [0.25, 0.3) is 0 Å². The van der Waals surface area contributed by atoms with Crippen LogP contribution in [0.5, 0.6) is 0 Å². The zero-order valence-electron chi connectivity index (χ0n) is 10.2. The first-order valence-corrected chi connectivity index (χ1v) is 6.43. The molecule has 1 unspecified atom stereocenters. The summed E-state index contributed by atoms with van der Waals surface area (Å²) in [6.45, 7) is 0.553. The highest BCUT2D eigenvalue weighted by Crippen LogP contribution is 2.20. The average Bonchev–Trinajstić information content (AvgIpc) is 2.84. The Kier molecular flexibility index (Phi) is 4.09. The topological polar surface area (TPSA) is 46.3 Å². The van der Waals surface area contributed by atoms with Crippen molar-refractivity contribution in [2.24, 2.45) is 5.73 Å². The van der Waals surface area contributed by atoms with Crippen molar-refractivity contribution < 1.29 is 13.6 Å². The van der Waals surface area contributed by atoms with Crippen molar-refractivity contribution >= 4 is 23.1 Å². The van der Waals surface area contributed by atoms with E-state index in [4.69, 9.17) is 18.0 Å². The molecule has 6 heteroatoms. The second kappa shape index (κ2) is 5.61. The fourth-order valence-electron chi connectivity index (χ4n) is 2.31. The van der Waals surface area contributed by atoms with E-state index in [0.29, 0.717) is 6.54 Å². The van der Waals surface area contributed by atoms with Crippen molar-refractivity contribution in [3.63, 3.8) is 0 Å². The summed E-state index contributed by atoms with van der Waals surface area (Å²) in [5.74, 6) is -2.20. The molecule has 102 valence electrons. The number of amides is 1. The average molecular weight is 284 g/mol. The monoisotopic (exact) mass is 284 g/mol. The fraction of sp³-hybridized carbons (Fsp3) is 0.385. The highest BCUT2D eigenvalue weighted by molar-refractivity contribution is 7.80. The van der Waals surface area contributed by atoms with Crippen LogP contribution >= 0.6 is 12.2 Å². The maximum Gasteiger partial charge on any atom is 0.227 e. The second-order valence-electron chi connectivity index (χ2n) is 4.54. The van der Waals surface area contributed by atoms with Crippen LogP contribution in [0, 0.1) is 11.6 Å². The molecule has 2 N–H and O–H groups in total. The van der Waals surface area contributed by atoms with Crippen molar-refractivity contribution in [2.75, 3.05) is 6.54 Å². The largest absolute Gasteiger partial charge is 0.392 e. The van der Waals surface area contributed by atoms with Gasteiger partial charge in [0.1, 0.15) is 0 Å². The Bertz CT molecular complexity index is 521. The van der Waals surface area contributed by atoms with E-state index in [2.05, 4.69) is 0 Å². The number of hydrogen-bond acceptors (Lipinski definition) is 2. The zero-order chi connectivity index (χ0) is 14.0. The molecule has 2 rings (SSSR count). The van der Waals surface area contributed by atoms with Gasteiger partial charge in [-0.2, -0.15) is 0 Å². The van der Waals surface area contributed by atoms with Crippen molar-refractivity contribution in [3.05, 3.63) is 35.4 Å². The van der Waals surface area contributed by atoms with Crippen LogP contribution in [-0.2, 0) is 11.2 Å². The Morgan fingerprint density at radius 2 is 2.21 bits per heavy atom. The lowest BCUT2D eigenvalue weighted by molar-refractivity contribution is -0.130. The quantitative estimate of drug-likeness (QED) is 0.861. The SMILES string of the molecule is NC(=S)C1CCCN1C(=O)Cc1cccc(F)c1F. The first-order chi connectivity index (χ1) is 9.00. The molecule has 1 amide bonds. The molecule has 19 heavy (non-hydrogen) atoms. The molecule has 0 spiro atoms. The van der Waals surface area contributed by atoms with Crippen LogP contribution in [0.4, 0.5) is 8.78 Å². The van der Waals surface area contributed by atoms with Crippen molar-refractivity contribution in [1.29, 1.82) is 0 Å². The summed E-state index contributed by atoms with van der Waals surface area (Å²) in [5.41, 5.74) is 5.63. The molecule has 1 aliphatic heterocycles. The number of rotatable bonds is 3. The Morgan fingerprint density at radius 1 is 1.47 bits per heavy atom. The van der Waals surface area contributed by atoms with E-state index in [-0.39, 0.29) is 28.9 Å². The molecule has 0 radical (unpaired) electrons. The molecular weight excluding hydrogens is 270 g/mol. The van der Waals surface area contributed by atoms with E-state index in [1.54, 1.807) is 4.90 Å². The van der Waals surface area contributed by atoms with E-state index in [9.17, 15) is 13.6 Å². The summed E-state index contributed by atoms with van der Waals surface area (Å²) in [4.78, 5) is 13.9. The van der Waals surface area contributed by atoms with E-state index >= 15 is 0 Å². The molecular formula is C13H14F2N2OS. The highest BCUT2D eigenvalue weighted by Gasteiger charge is 2.30. The molecule has 1 aromatic carbocycles. The molecule has 1 aliphatic rings. The standard InChI is InChI=1S/C13H14F2N2OS/c14-9-4-1-3-8(12(9)15)7-11(18)17-6-2-5-10(17)13(16)19/h1,3-4,10H,2,5-7H2,(H2,16,19). The van der Waals surface area contributed by atoms with Gasteiger partial charge in [0.05, 0.1) is 17.5 Å². The third-order valence-electron chi connectivity index (χ3n) is 3.27. The van der Waals surface area contributed by atoms with E-state index in [1.165, 1.54) is 12.1 Å². The molecule has 1 aromatic rings. The highest BCUT2D eigenvalue weighted by atomic mass is 32.1. The summed E-state index contributed by atoms with van der Waals surface area (Å²) < 4.78 is 26.6. The summed E-state index contributed by atoms with van der Waals surface area (Å²) in [6.07, 6.45) is 1.37. The van der Waals surface area contributed by atoms with Gasteiger partial charge in [0, 0.05) is 12.1 Å². The normalized spacial score (nSPS) is 18.6. The summed E-state index contributed by atoms with van der Waals surface area (Å²) in [6, 6.07) is 3.55. The number of benzene rings is 1. The van der Waals surface area contributed by atoms with Crippen LogP contribution < -0.4 is 5.73 Å². The lowest BCUT2D eigenvalue weighted by atomic mass is 10.1. The number of likely N-dealkylation sites (tertiary alicyclic amines) is 1. The number of thiocarbonyl (C=S) groups is 1. The molecule has 3 nitrogen and oxygen atoms in total. The number of nitrogens with zero attached hydrogens (tertiary/aromatic N) is 1. The van der Waals surface area contributed by atoms with Gasteiger partial charge in [0.25, 0.3) is 0 Å². The summed E-state index contributed by atoms with van der Waals surface area (Å²) >= 11 is 4.91. The van der Waals surface area contributed by atoms with Gasteiger partial charge in [-0.05, 0) is 18.9 Å². The number of nitrogens with two attached hydrogens (primary N) is 1. The first kappa shape index (κ1) is 13.9. The van der Waals surface area contributed by atoms with Crippen LogP contribution in [0.2, 0.25) is 0 Å². The molecule has 0 bridgehead atoms. The minimum atomic E-state index is -0.970. The number of hydrogen-bond donors (Lipinski definition) is 1. The molecule has 1 saturated heterocycles. The van der Waals surface area contributed by atoms with E-state index < -0.39 is 11.6 Å². The van der Waals surface area contributed by atoms with Gasteiger partial charge in [-0.1, -0.05) is 24.4 Å². The minimum absolute atomic E-state index is 0.0542. The predicted molar refractivity (Wildman–Crippen MR) is 71.6 cm³/mol. The molecule has 1 heterocycles.